The van der Waals surface area contributed by atoms with Gasteiger partial charge >= 0.3 is 5.97 Å². The number of ether oxygens (including phenoxy) is 1. The number of aryl methyl sites for hydroxylation is 1. The van der Waals surface area contributed by atoms with E-state index in [2.05, 4.69) is 5.32 Å². The quantitative estimate of drug-likeness (QED) is 0.571. The molecule has 0 saturated heterocycles. The third-order valence-electron chi connectivity index (χ3n) is 4.16. The Labute approximate surface area is 161 Å². The number of rotatable bonds is 5. The van der Waals surface area contributed by atoms with Crippen LogP contribution >= 0.6 is 22.9 Å². The molecule has 6 heteroatoms. The zero-order chi connectivity index (χ0) is 18.5. The zero-order valence-corrected chi connectivity index (χ0v) is 16.1. The van der Waals surface area contributed by atoms with Gasteiger partial charge in [0, 0.05) is 16.0 Å². The predicted octanol–water partition coefficient (Wildman–Crippen LogP) is 5.11. The van der Waals surface area contributed by atoms with Crippen LogP contribution in [0.25, 0.3) is 6.08 Å². The lowest BCUT2D eigenvalue weighted by atomic mass is 9.95. The standard InChI is InChI=1S/C20H20ClNO3S/c1-2-25-20(24)18-15-8-3-4-9-16(15)26-19(18)22-17(23)11-10-13-6-5-7-14(21)12-13/h5-7,10-12H,2-4,8-9H2,1H3,(H,22,23)/b11-10+. The maximum atomic E-state index is 12.4. The molecule has 0 fully saturated rings. The molecular formula is C20H20ClNO3S. The van der Waals surface area contributed by atoms with E-state index in [9.17, 15) is 9.59 Å². The van der Waals surface area contributed by atoms with Crippen molar-refractivity contribution in [1.82, 2.24) is 0 Å². The minimum Gasteiger partial charge on any atom is -0.462 e. The molecule has 1 heterocycles. The molecule has 1 aliphatic rings. The highest BCUT2D eigenvalue weighted by Crippen LogP contribution is 2.38. The third kappa shape index (κ3) is 4.34. The number of benzene rings is 1. The van der Waals surface area contributed by atoms with E-state index in [-0.39, 0.29) is 11.9 Å². The smallest absolute Gasteiger partial charge is 0.341 e. The second-order valence-corrected chi connectivity index (χ2v) is 7.55. The summed E-state index contributed by atoms with van der Waals surface area (Å²) in [6, 6.07) is 7.25. The van der Waals surface area contributed by atoms with Gasteiger partial charge in [0.15, 0.2) is 0 Å². The molecule has 2 aromatic rings. The normalized spacial score (nSPS) is 13.5. The number of anilines is 1. The number of carbonyl (C=O) groups is 2. The minimum atomic E-state index is -0.360. The van der Waals surface area contributed by atoms with E-state index >= 15 is 0 Å². The van der Waals surface area contributed by atoms with Crippen molar-refractivity contribution >= 4 is 45.9 Å². The number of thiophene rings is 1. The Kier molecular flexibility index (Phi) is 6.12. The molecule has 26 heavy (non-hydrogen) atoms. The summed E-state index contributed by atoms with van der Waals surface area (Å²) in [4.78, 5) is 25.9. The molecular weight excluding hydrogens is 370 g/mol. The lowest BCUT2D eigenvalue weighted by Crippen LogP contribution is -2.14. The van der Waals surface area contributed by atoms with Crippen molar-refractivity contribution in [2.24, 2.45) is 0 Å². The van der Waals surface area contributed by atoms with Crippen LogP contribution in [0.15, 0.2) is 30.3 Å². The number of fused-ring (bicyclic) bond motifs is 1. The van der Waals surface area contributed by atoms with Crippen LogP contribution in [0.4, 0.5) is 5.00 Å². The molecule has 0 aliphatic heterocycles. The maximum absolute atomic E-state index is 12.4. The molecule has 3 rings (SSSR count). The van der Waals surface area contributed by atoms with Gasteiger partial charge in [0.1, 0.15) is 5.00 Å². The van der Waals surface area contributed by atoms with Crippen LogP contribution < -0.4 is 5.32 Å². The summed E-state index contributed by atoms with van der Waals surface area (Å²) in [6.45, 7) is 2.09. The van der Waals surface area contributed by atoms with Gasteiger partial charge in [0.25, 0.3) is 0 Å². The van der Waals surface area contributed by atoms with E-state index in [4.69, 9.17) is 16.3 Å². The summed E-state index contributed by atoms with van der Waals surface area (Å²) in [5.74, 6) is -0.643. The summed E-state index contributed by atoms with van der Waals surface area (Å²) < 4.78 is 5.20. The fraction of sp³-hybridized carbons (Fsp3) is 0.300. The van der Waals surface area contributed by atoms with E-state index in [1.54, 1.807) is 25.1 Å². The van der Waals surface area contributed by atoms with Crippen molar-refractivity contribution in [2.75, 3.05) is 11.9 Å². The molecule has 1 aromatic carbocycles. The first-order chi connectivity index (χ1) is 12.6. The topological polar surface area (TPSA) is 55.4 Å². The Bertz CT molecular complexity index is 857. The second kappa shape index (κ2) is 8.52. The van der Waals surface area contributed by atoms with Crippen LogP contribution in [0.2, 0.25) is 5.02 Å². The summed E-state index contributed by atoms with van der Waals surface area (Å²) in [7, 11) is 0. The number of hydrogen-bond donors (Lipinski definition) is 1. The van der Waals surface area contributed by atoms with Crippen molar-refractivity contribution in [3.8, 4) is 0 Å². The molecule has 136 valence electrons. The van der Waals surface area contributed by atoms with Gasteiger partial charge in [0.2, 0.25) is 5.91 Å². The highest BCUT2D eigenvalue weighted by molar-refractivity contribution is 7.17. The number of nitrogens with one attached hydrogen (secondary N) is 1. The van der Waals surface area contributed by atoms with Crippen LogP contribution in [0.1, 0.15) is 46.1 Å². The molecule has 1 N–H and O–H groups in total. The summed E-state index contributed by atoms with van der Waals surface area (Å²) in [5.41, 5.74) is 2.40. The van der Waals surface area contributed by atoms with Crippen molar-refractivity contribution in [2.45, 2.75) is 32.6 Å². The second-order valence-electron chi connectivity index (χ2n) is 6.01. The highest BCUT2D eigenvalue weighted by Gasteiger charge is 2.26. The van der Waals surface area contributed by atoms with E-state index in [0.717, 1.165) is 36.8 Å². The monoisotopic (exact) mass is 389 g/mol. The van der Waals surface area contributed by atoms with Gasteiger partial charge in [-0.2, -0.15) is 0 Å². The zero-order valence-electron chi connectivity index (χ0n) is 14.5. The Balaban J connectivity index is 1.81. The van der Waals surface area contributed by atoms with E-state index in [0.29, 0.717) is 22.2 Å². The molecule has 1 aliphatic carbocycles. The average Bonchev–Trinajstić information content (AvgIpc) is 2.98. The van der Waals surface area contributed by atoms with Crippen LogP contribution in [0.3, 0.4) is 0 Å². The van der Waals surface area contributed by atoms with Gasteiger partial charge in [-0.15, -0.1) is 11.3 Å². The third-order valence-corrected chi connectivity index (χ3v) is 5.61. The number of hydrogen-bond acceptors (Lipinski definition) is 4. The fourth-order valence-electron chi connectivity index (χ4n) is 3.01. The lowest BCUT2D eigenvalue weighted by molar-refractivity contribution is -0.111. The molecule has 0 spiro atoms. The molecule has 1 aromatic heterocycles. The van der Waals surface area contributed by atoms with Crippen LogP contribution in [-0.2, 0) is 22.4 Å². The van der Waals surface area contributed by atoms with Gasteiger partial charge in [-0.1, -0.05) is 23.7 Å². The Hall–Kier alpha value is -2.11. The van der Waals surface area contributed by atoms with Crippen LogP contribution in [0, 0.1) is 0 Å². The lowest BCUT2D eigenvalue weighted by Gasteiger charge is -2.12. The van der Waals surface area contributed by atoms with E-state index < -0.39 is 0 Å². The number of esters is 1. The molecule has 4 nitrogen and oxygen atoms in total. The Morgan fingerprint density at radius 1 is 1.31 bits per heavy atom. The largest absolute Gasteiger partial charge is 0.462 e. The first kappa shape index (κ1) is 18.7. The molecule has 0 saturated carbocycles. The summed E-state index contributed by atoms with van der Waals surface area (Å²) in [6.07, 6.45) is 7.10. The minimum absolute atomic E-state index is 0.283. The van der Waals surface area contributed by atoms with Crippen molar-refractivity contribution in [3.05, 3.63) is 56.9 Å². The van der Waals surface area contributed by atoms with Gasteiger partial charge in [0.05, 0.1) is 12.2 Å². The van der Waals surface area contributed by atoms with Gasteiger partial charge in [-0.05, 0) is 61.9 Å². The Morgan fingerprint density at radius 3 is 2.88 bits per heavy atom. The van der Waals surface area contributed by atoms with Gasteiger partial charge < -0.3 is 10.1 Å². The molecule has 0 bridgehead atoms. The predicted molar refractivity (Wildman–Crippen MR) is 106 cm³/mol. The van der Waals surface area contributed by atoms with Crippen molar-refractivity contribution in [3.63, 3.8) is 0 Å². The highest BCUT2D eigenvalue weighted by atomic mass is 35.5. The van der Waals surface area contributed by atoms with Crippen molar-refractivity contribution in [1.29, 1.82) is 0 Å². The molecule has 0 radical (unpaired) electrons. The first-order valence-corrected chi connectivity index (χ1v) is 9.84. The maximum Gasteiger partial charge on any atom is 0.341 e. The SMILES string of the molecule is CCOC(=O)c1c(NC(=O)/C=C/c2cccc(Cl)c2)sc2c1CCCC2. The summed E-state index contributed by atoms with van der Waals surface area (Å²) in [5, 5.41) is 4.04. The average molecular weight is 390 g/mol. The fourth-order valence-corrected chi connectivity index (χ4v) is 4.49. The number of amides is 1. The van der Waals surface area contributed by atoms with Crippen molar-refractivity contribution < 1.29 is 14.3 Å². The van der Waals surface area contributed by atoms with Crippen LogP contribution in [-0.4, -0.2) is 18.5 Å². The molecule has 0 atom stereocenters. The van der Waals surface area contributed by atoms with Gasteiger partial charge in [-0.25, -0.2) is 4.79 Å². The molecule has 0 unspecified atom stereocenters. The number of halogens is 1. The summed E-state index contributed by atoms with van der Waals surface area (Å²) >= 11 is 7.43. The molecule has 1 amide bonds. The van der Waals surface area contributed by atoms with E-state index in [1.165, 1.54) is 22.3 Å². The Morgan fingerprint density at radius 2 is 2.12 bits per heavy atom. The van der Waals surface area contributed by atoms with E-state index in [1.807, 2.05) is 12.1 Å². The first-order valence-electron chi connectivity index (χ1n) is 8.64. The van der Waals surface area contributed by atoms with Gasteiger partial charge in [-0.3, -0.25) is 4.79 Å². The number of carbonyl (C=O) groups excluding carboxylic acids is 2. The van der Waals surface area contributed by atoms with Crippen LogP contribution in [0.5, 0.6) is 0 Å².